The molecule has 19 heavy (non-hydrogen) atoms. The largest absolute Gasteiger partial charge is 0.389 e. The van der Waals surface area contributed by atoms with Crippen molar-refractivity contribution in [2.75, 3.05) is 0 Å². The van der Waals surface area contributed by atoms with Crippen LogP contribution in [-0.2, 0) is 6.54 Å². The van der Waals surface area contributed by atoms with E-state index in [1.165, 1.54) is 10.6 Å². The van der Waals surface area contributed by atoms with Gasteiger partial charge >= 0.3 is 5.69 Å². The molecule has 7 heteroatoms. The number of H-pyrrole nitrogens is 1. The Morgan fingerprint density at radius 3 is 2.95 bits per heavy atom. The van der Waals surface area contributed by atoms with Gasteiger partial charge in [0.15, 0.2) is 5.16 Å². The number of nitrogens with zero attached hydrogens (tertiary/aromatic N) is 2. The van der Waals surface area contributed by atoms with E-state index < -0.39 is 11.9 Å². The van der Waals surface area contributed by atoms with Crippen LogP contribution in [0.2, 0.25) is 0 Å². The van der Waals surface area contributed by atoms with Gasteiger partial charge in [-0.1, -0.05) is 12.1 Å². The number of hydrogen-bond acceptors (Lipinski definition) is 4. The third-order valence-corrected chi connectivity index (χ3v) is 3.81. The maximum absolute atomic E-state index is 13.9. The zero-order chi connectivity index (χ0) is 14.0. The molecule has 2 aromatic rings. The summed E-state index contributed by atoms with van der Waals surface area (Å²) in [6, 6.07) is 4.51. The highest BCUT2D eigenvalue weighted by atomic mass is 32.2. The lowest BCUT2D eigenvalue weighted by atomic mass is 10.1. The predicted octanol–water partition coefficient (Wildman–Crippen LogP) is 1.93. The molecular weight excluding hydrogens is 269 g/mol. The van der Waals surface area contributed by atoms with E-state index in [9.17, 15) is 14.3 Å². The number of nitrogens with one attached hydrogen (secondary N) is 1. The van der Waals surface area contributed by atoms with Crippen LogP contribution in [0.25, 0.3) is 0 Å². The molecule has 0 amide bonds. The van der Waals surface area contributed by atoms with Gasteiger partial charge in [0.25, 0.3) is 0 Å². The Labute approximate surface area is 113 Å². The number of aromatic amines is 1. The number of halogens is 1. The lowest BCUT2D eigenvalue weighted by Crippen LogP contribution is -2.16. The topological polar surface area (TPSA) is 70.9 Å². The average Bonchev–Trinajstić information content (AvgIpc) is 2.72. The van der Waals surface area contributed by atoms with Crippen molar-refractivity contribution in [3.63, 3.8) is 0 Å². The fourth-order valence-electron chi connectivity index (χ4n) is 1.71. The van der Waals surface area contributed by atoms with Gasteiger partial charge in [0.1, 0.15) is 5.82 Å². The monoisotopic (exact) mass is 283 g/mol. The molecule has 2 N–H and O–H groups in total. The summed E-state index contributed by atoms with van der Waals surface area (Å²) in [5, 5.41) is 16.2. The Balaban J connectivity index is 2.46. The maximum Gasteiger partial charge on any atom is 0.343 e. The molecule has 0 fully saturated rings. The van der Waals surface area contributed by atoms with E-state index in [1.54, 1.807) is 26.0 Å². The number of aliphatic hydroxyl groups excluding tert-OH is 1. The second kappa shape index (κ2) is 5.58. The van der Waals surface area contributed by atoms with Crippen molar-refractivity contribution >= 4 is 11.8 Å². The summed E-state index contributed by atoms with van der Waals surface area (Å²) >= 11 is 1.03. The van der Waals surface area contributed by atoms with Crippen LogP contribution in [-0.4, -0.2) is 19.9 Å². The maximum atomic E-state index is 13.9. The zero-order valence-electron chi connectivity index (χ0n) is 10.6. The van der Waals surface area contributed by atoms with Crippen LogP contribution in [0.15, 0.2) is 33.0 Å². The van der Waals surface area contributed by atoms with Gasteiger partial charge in [0.2, 0.25) is 0 Å². The molecule has 102 valence electrons. The highest BCUT2D eigenvalue weighted by Gasteiger charge is 2.17. The zero-order valence-corrected chi connectivity index (χ0v) is 11.4. The first-order chi connectivity index (χ1) is 9.04. The molecule has 0 radical (unpaired) electrons. The third kappa shape index (κ3) is 2.71. The lowest BCUT2D eigenvalue weighted by Gasteiger charge is -2.12. The average molecular weight is 283 g/mol. The van der Waals surface area contributed by atoms with E-state index in [-0.39, 0.29) is 10.6 Å². The quantitative estimate of drug-likeness (QED) is 0.899. The Kier molecular flexibility index (Phi) is 4.06. The first kappa shape index (κ1) is 13.8. The number of rotatable bonds is 4. The van der Waals surface area contributed by atoms with E-state index in [4.69, 9.17) is 0 Å². The third-order valence-electron chi connectivity index (χ3n) is 2.68. The smallest absolute Gasteiger partial charge is 0.343 e. The van der Waals surface area contributed by atoms with Crippen LogP contribution in [0.5, 0.6) is 0 Å². The molecule has 1 atom stereocenters. The summed E-state index contributed by atoms with van der Waals surface area (Å²) in [7, 11) is 0. The van der Waals surface area contributed by atoms with Gasteiger partial charge in [0, 0.05) is 6.54 Å². The fourth-order valence-corrected chi connectivity index (χ4v) is 2.83. The van der Waals surface area contributed by atoms with Gasteiger partial charge in [-0.2, -0.15) is 0 Å². The van der Waals surface area contributed by atoms with Gasteiger partial charge in [0.05, 0.1) is 11.0 Å². The van der Waals surface area contributed by atoms with Crippen molar-refractivity contribution in [1.29, 1.82) is 0 Å². The van der Waals surface area contributed by atoms with Gasteiger partial charge in [-0.25, -0.2) is 14.3 Å². The number of aromatic nitrogens is 3. The fraction of sp³-hybridized carbons (Fsp3) is 0.333. The first-order valence-electron chi connectivity index (χ1n) is 5.84. The second-order valence-corrected chi connectivity index (χ2v) is 4.97. The van der Waals surface area contributed by atoms with Gasteiger partial charge in [-0.3, -0.25) is 4.57 Å². The van der Waals surface area contributed by atoms with Crippen LogP contribution in [0, 0.1) is 5.82 Å². The molecule has 0 aliphatic carbocycles. The van der Waals surface area contributed by atoms with Crippen molar-refractivity contribution in [3.05, 3.63) is 40.1 Å². The van der Waals surface area contributed by atoms with Crippen LogP contribution in [0.3, 0.4) is 0 Å². The van der Waals surface area contributed by atoms with Crippen LogP contribution in [0.1, 0.15) is 25.5 Å². The molecule has 5 nitrogen and oxygen atoms in total. The minimum Gasteiger partial charge on any atom is -0.389 e. The highest BCUT2D eigenvalue weighted by molar-refractivity contribution is 7.99. The Morgan fingerprint density at radius 2 is 2.32 bits per heavy atom. The molecule has 0 spiro atoms. The molecule has 1 aromatic carbocycles. The van der Waals surface area contributed by atoms with Crippen molar-refractivity contribution < 1.29 is 9.50 Å². The molecule has 0 saturated carbocycles. The van der Waals surface area contributed by atoms with E-state index in [0.717, 1.165) is 11.8 Å². The van der Waals surface area contributed by atoms with E-state index in [0.29, 0.717) is 17.3 Å². The molecular formula is C12H14FN3O2S. The van der Waals surface area contributed by atoms with Crippen molar-refractivity contribution in [2.24, 2.45) is 0 Å². The summed E-state index contributed by atoms with van der Waals surface area (Å²) in [5.41, 5.74) is 0.142. The molecule has 1 unspecified atom stereocenters. The Bertz CT molecular complexity index is 636. The summed E-state index contributed by atoms with van der Waals surface area (Å²) in [6.07, 6.45) is -0.793. The molecule has 0 bridgehead atoms. The Hall–Kier alpha value is -1.60. The van der Waals surface area contributed by atoms with E-state index in [2.05, 4.69) is 10.2 Å². The second-order valence-electron chi connectivity index (χ2n) is 3.99. The minimum atomic E-state index is -0.793. The summed E-state index contributed by atoms with van der Waals surface area (Å²) in [5.74, 6) is -0.443. The first-order valence-corrected chi connectivity index (χ1v) is 6.65. The van der Waals surface area contributed by atoms with Gasteiger partial charge in [-0.15, -0.1) is 5.10 Å². The molecule has 2 rings (SSSR count). The SMILES string of the molecule is CCn1c(Sc2c(F)cccc2C(C)O)n[nH]c1=O. The van der Waals surface area contributed by atoms with Crippen molar-refractivity contribution in [1.82, 2.24) is 14.8 Å². The van der Waals surface area contributed by atoms with E-state index >= 15 is 0 Å². The molecule has 1 heterocycles. The number of hydrogen-bond donors (Lipinski definition) is 2. The van der Waals surface area contributed by atoms with Crippen LogP contribution < -0.4 is 5.69 Å². The number of aliphatic hydroxyl groups is 1. The van der Waals surface area contributed by atoms with Crippen molar-refractivity contribution in [3.8, 4) is 0 Å². The van der Waals surface area contributed by atoms with Gasteiger partial charge < -0.3 is 5.11 Å². The summed E-state index contributed by atoms with van der Waals surface area (Å²) < 4.78 is 15.3. The minimum absolute atomic E-state index is 0.284. The summed E-state index contributed by atoms with van der Waals surface area (Å²) in [4.78, 5) is 11.7. The molecule has 0 aliphatic rings. The number of benzene rings is 1. The van der Waals surface area contributed by atoms with E-state index in [1.807, 2.05) is 0 Å². The van der Waals surface area contributed by atoms with Crippen molar-refractivity contribution in [2.45, 2.75) is 36.5 Å². The van der Waals surface area contributed by atoms with Crippen LogP contribution in [0.4, 0.5) is 4.39 Å². The molecule has 0 saturated heterocycles. The van der Waals surface area contributed by atoms with Gasteiger partial charge in [-0.05, 0) is 37.2 Å². The summed E-state index contributed by atoms with van der Waals surface area (Å²) in [6.45, 7) is 3.81. The Morgan fingerprint density at radius 1 is 1.58 bits per heavy atom. The van der Waals surface area contributed by atoms with Crippen LogP contribution >= 0.6 is 11.8 Å². The normalized spacial score (nSPS) is 12.6. The lowest BCUT2D eigenvalue weighted by molar-refractivity contribution is 0.195. The standard InChI is InChI=1S/C12H14FN3O2S/c1-3-16-11(18)14-15-12(16)19-10-8(7(2)17)5-4-6-9(10)13/h4-7,17H,3H2,1-2H3,(H,14,18). The molecule has 0 aliphatic heterocycles. The molecule has 1 aromatic heterocycles. The predicted molar refractivity (Wildman–Crippen MR) is 69.7 cm³/mol. The highest BCUT2D eigenvalue weighted by Crippen LogP contribution is 2.33.